The summed E-state index contributed by atoms with van der Waals surface area (Å²) in [5.41, 5.74) is 3.31. The molecule has 152 valence electrons. The predicted molar refractivity (Wildman–Crippen MR) is 106 cm³/mol. The van der Waals surface area contributed by atoms with E-state index in [1.807, 2.05) is 29.1 Å². The van der Waals surface area contributed by atoms with Crippen molar-refractivity contribution in [3.63, 3.8) is 0 Å². The minimum absolute atomic E-state index is 0.128. The molecular formula is C20H19FN2O5S. The molecule has 0 saturated carbocycles. The normalized spacial score (nSPS) is 18.4. The third-order valence-electron chi connectivity index (χ3n) is 4.64. The van der Waals surface area contributed by atoms with E-state index in [0.717, 1.165) is 17.4 Å². The second-order valence-corrected chi connectivity index (χ2v) is 8.50. The number of nitrogens with zero attached hydrogens (tertiary/aromatic N) is 1. The third kappa shape index (κ3) is 4.25. The van der Waals surface area contributed by atoms with Crippen molar-refractivity contribution in [1.29, 1.82) is 0 Å². The summed E-state index contributed by atoms with van der Waals surface area (Å²) in [5.74, 6) is -0.277. The van der Waals surface area contributed by atoms with Crippen LogP contribution in [0.15, 0.2) is 48.5 Å². The highest BCUT2D eigenvalue weighted by atomic mass is 32.2. The first-order valence-electron chi connectivity index (χ1n) is 9.00. The summed E-state index contributed by atoms with van der Waals surface area (Å²) in [4.78, 5) is 12.3. The number of benzene rings is 1. The minimum Gasteiger partial charge on any atom is -0.488 e. The standard InChI is InChI=1S/C20H19FN2O5S/c1-29(25,26)28-8-2-6-23-7-5-13(11-23)14-9-18(27-12-14)19-16-4-3-15(21)10-17(16)22-20(19)24/h3-5,7,9-11H,2,6,8,12H2,1H3,(H,22,24)/b19-18+. The predicted octanol–water partition coefficient (Wildman–Crippen LogP) is 2.77. The van der Waals surface area contributed by atoms with Gasteiger partial charge in [-0.25, -0.2) is 4.39 Å². The highest BCUT2D eigenvalue weighted by molar-refractivity contribution is 7.85. The lowest BCUT2D eigenvalue weighted by Crippen LogP contribution is -2.06. The van der Waals surface area contributed by atoms with E-state index in [1.165, 1.54) is 12.1 Å². The van der Waals surface area contributed by atoms with Gasteiger partial charge in [0.1, 0.15) is 18.2 Å². The number of aryl methyl sites for hydroxylation is 1. The van der Waals surface area contributed by atoms with Crippen LogP contribution in [-0.2, 0) is 30.4 Å². The van der Waals surface area contributed by atoms with Crippen LogP contribution in [0.25, 0.3) is 11.1 Å². The first-order valence-corrected chi connectivity index (χ1v) is 10.8. The number of hydrogen-bond donors (Lipinski definition) is 1. The molecule has 0 aliphatic carbocycles. The highest BCUT2D eigenvalue weighted by Gasteiger charge is 2.30. The number of anilines is 1. The molecule has 3 heterocycles. The fraction of sp³-hybridized carbons (Fsp3) is 0.250. The summed E-state index contributed by atoms with van der Waals surface area (Å²) in [6, 6.07) is 6.09. The van der Waals surface area contributed by atoms with Crippen molar-refractivity contribution < 1.29 is 26.5 Å². The average Bonchev–Trinajstić information content (AvgIpc) is 3.34. The first kappa shape index (κ1) is 19.4. The van der Waals surface area contributed by atoms with Crippen LogP contribution in [0.2, 0.25) is 0 Å². The zero-order valence-corrected chi connectivity index (χ0v) is 16.5. The van der Waals surface area contributed by atoms with Crippen molar-refractivity contribution in [1.82, 2.24) is 4.57 Å². The second-order valence-electron chi connectivity index (χ2n) is 6.86. The molecule has 2 aliphatic heterocycles. The Kier molecular flexibility index (Phi) is 5.01. The van der Waals surface area contributed by atoms with Gasteiger partial charge in [-0.05, 0) is 42.3 Å². The van der Waals surface area contributed by atoms with E-state index >= 15 is 0 Å². The van der Waals surface area contributed by atoms with E-state index in [4.69, 9.17) is 8.92 Å². The van der Waals surface area contributed by atoms with Crippen LogP contribution in [-0.4, -0.2) is 38.4 Å². The van der Waals surface area contributed by atoms with Gasteiger partial charge in [-0.1, -0.05) is 0 Å². The molecule has 4 rings (SSSR count). The molecule has 29 heavy (non-hydrogen) atoms. The van der Waals surface area contributed by atoms with Crippen molar-refractivity contribution >= 4 is 32.9 Å². The van der Waals surface area contributed by atoms with Crippen molar-refractivity contribution in [2.45, 2.75) is 13.0 Å². The Balaban J connectivity index is 1.50. The Morgan fingerprint density at radius 3 is 2.93 bits per heavy atom. The van der Waals surface area contributed by atoms with Gasteiger partial charge in [0.05, 0.1) is 24.1 Å². The topological polar surface area (TPSA) is 86.6 Å². The van der Waals surface area contributed by atoms with Crippen LogP contribution < -0.4 is 5.32 Å². The lowest BCUT2D eigenvalue weighted by Gasteiger charge is -2.03. The molecule has 0 radical (unpaired) electrons. The number of allylic oxidation sites excluding steroid dienone is 1. The molecule has 0 saturated heterocycles. The number of nitrogens with one attached hydrogen (secondary N) is 1. The van der Waals surface area contributed by atoms with Gasteiger partial charge in [-0.2, -0.15) is 8.42 Å². The lowest BCUT2D eigenvalue weighted by atomic mass is 10.0. The van der Waals surface area contributed by atoms with E-state index in [-0.39, 0.29) is 12.5 Å². The van der Waals surface area contributed by atoms with Crippen LogP contribution in [0, 0.1) is 5.82 Å². The number of hydrogen-bond acceptors (Lipinski definition) is 5. The summed E-state index contributed by atoms with van der Waals surface area (Å²) in [7, 11) is -3.42. The summed E-state index contributed by atoms with van der Waals surface area (Å²) in [6.07, 6.45) is 7.22. The van der Waals surface area contributed by atoms with E-state index in [0.29, 0.717) is 42.2 Å². The molecule has 2 aliphatic rings. The molecule has 0 fully saturated rings. The summed E-state index contributed by atoms with van der Waals surface area (Å²) in [6.45, 7) is 1.06. The molecule has 1 amide bonds. The van der Waals surface area contributed by atoms with Crippen molar-refractivity contribution in [3.8, 4) is 0 Å². The number of halogens is 1. The van der Waals surface area contributed by atoms with E-state index in [9.17, 15) is 17.6 Å². The van der Waals surface area contributed by atoms with Crippen molar-refractivity contribution in [3.05, 3.63) is 65.4 Å². The SMILES string of the molecule is CS(=O)(=O)OCCCn1ccc(C2=C/C(=C3\C(=O)Nc4cc(F)ccc43)OC2)c1. The molecule has 0 unspecified atom stereocenters. The number of aromatic nitrogens is 1. The van der Waals surface area contributed by atoms with Crippen LogP contribution in [0.3, 0.4) is 0 Å². The largest absolute Gasteiger partial charge is 0.488 e. The summed E-state index contributed by atoms with van der Waals surface area (Å²) < 4.78 is 47.8. The Labute approximate surface area is 167 Å². The van der Waals surface area contributed by atoms with Crippen molar-refractivity contribution in [2.75, 3.05) is 24.8 Å². The maximum Gasteiger partial charge on any atom is 0.264 e. The molecule has 9 heteroatoms. The second kappa shape index (κ2) is 7.49. The van der Waals surface area contributed by atoms with Crippen LogP contribution in [0.5, 0.6) is 0 Å². The Bertz CT molecular complexity index is 1150. The number of amides is 1. The maximum atomic E-state index is 13.4. The third-order valence-corrected chi connectivity index (χ3v) is 5.24. The van der Waals surface area contributed by atoms with Gasteiger partial charge in [-0.3, -0.25) is 8.98 Å². The van der Waals surface area contributed by atoms with Gasteiger partial charge in [0.25, 0.3) is 16.0 Å². The number of rotatable bonds is 6. The van der Waals surface area contributed by atoms with Crippen molar-refractivity contribution in [2.24, 2.45) is 0 Å². The minimum atomic E-state index is -3.42. The fourth-order valence-corrected chi connectivity index (χ4v) is 3.75. The van der Waals surface area contributed by atoms with E-state index < -0.39 is 15.9 Å². The molecular weight excluding hydrogens is 399 g/mol. The quantitative estimate of drug-likeness (QED) is 0.443. The monoisotopic (exact) mass is 418 g/mol. The van der Waals surface area contributed by atoms with Gasteiger partial charge < -0.3 is 14.6 Å². The van der Waals surface area contributed by atoms with Crippen LogP contribution in [0.4, 0.5) is 10.1 Å². The van der Waals surface area contributed by atoms with Crippen LogP contribution >= 0.6 is 0 Å². The van der Waals surface area contributed by atoms with Gasteiger partial charge in [0.2, 0.25) is 0 Å². The Morgan fingerprint density at radius 2 is 2.14 bits per heavy atom. The molecule has 0 atom stereocenters. The number of carbonyl (C=O) groups excluding carboxylic acids is 1. The fourth-order valence-electron chi connectivity index (χ4n) is 3.32. The molecule has 1 N–H and O–H groups in total. The lowest BCUT2D eigenvalue weighted by molar-refractivity contribution is -0.110. The number of fused-ring (bicyclic) bond motifs is 1. The Morgan fingerprint density at radius 1 is 1.31 bits per heavy atom. The van der Waals surface area contributed by atoms with E-state index in [2.05, 4.69) is 5.32 Å². The zero-order valence-electron chi connectivity index (χ0n) is 15.6. The summed E-state index contributed by atoms with van der Waals surface area (Å²) in [5, 5.41) is 2.66. The molecule has 0 bridgehead atoms. The smallest absolute Gasteiger partial charge is 0.264 e. The van der Waals surface area contributed by atoms with Gasteiger partial charge in [0, 0.05) is 30.1 Å². The summed E-state index contributed by atoms with van der Waals surface area (Å²) >= 11 is 0. The molecule has 0 spiro atoms. The van der Waals surface area contributed by atoms with Gasteiger partial charge >= 0.3 is 0 Å². The first-order chi connectivity index (χ1) is 13.8. The van der Waals surface area contributed by atoms with E-state index in [1.54, 1.807) is 6.07 Å². The van der Waals surface area contributed by atoms with Crippen LogP contribution in [0.1, 0.15) is 17.5 Å². The zero-order chi connectivity index (χ0) is 20.6. The maximum absolute atomic E-state index is 13.4. The van der Waals surface area contributed by atoms with Gasteiger partial charge in [0.15, 0.2) is 0 Å². The molecule has 1 aromatic heterocycles. The molecule has 7 nitrogen and oxygen atoms in total. The molecule has 1 aromatic carbocycles. The molecule has 2 aromatic rings. The number of ether oxygens (including phenoxy) is 1. The Hall–Kier alpha value is -2.91. The van der Waals surface area contributed by atoms with Gasteiger partial charge in [-0.15, -0.1) is 0 Å². The number of carbonyl (C=O) groups is 1. The highest BCUT2D eigenvalue weighted by Crippen LogP contribution is 2.38. The average molecular weight is 418 g/mol.